The molecule has 0 atom stereocenters. The SMILES string of the molecule is Cc1ccc(-c2c3c(=O)n(C)c(=O)n(C)c3cn2-c2ccc(Cl)cc2)cc1. The maximum atomic E-state index is 13.0. The minimum atomic E-state index is -0.351. The first kappa shape index (κ1) is 17.4. The normalized spacial score (nSPS) is 11.3. The van der Waals surface area contributed by atoms with Crippen LogP contribution in [0, 0.1) is 6.92 Å². The Morgan fingerprint density at radius 1 is 0.852 bits per heavy atom. The smallest absolute Gasteiger partial charge is 0.314 e. The fourth-order valence-electron chi connectivity index (χ4n) is 3.34. The van der Waals surface area contributed by atoms with Crippen LogP contribution >= 0.6 is 11.6 Å². The minimum Gasteiger partial charge on any atom is -0.314 e. The van der Waals surface area contributed by atoms with Crippen LogP contribution in [0.25, 0.3) is 27.8 Å². The van der Waals surface area contributed by atoms with E-state index in [2.05, 4.69) is 0 Å². The van der Waals surface area contributed by atoms with Crippen molar-refractivity contribution in [1.29, 1.82) is 0 Å². The van der Waals surface area contributed by atoms with Gasteiger partial charge in [-0.3, -0.25) is 13.9 Å². The molecule has 0 spiro atoms. The van der Waals surface area contributed by atoms with Crippen molar-refractivity contribution < 1.29 is 0 Å². The highest BCUT2D eigenvalue weighted by Crippen LogP contribution is 2.31. The van der Waals surface area contributed by atoms with Gasteiger partial charge in [0.1, 0.15) is 0 Å². The number of hydrogen-bond acceptors (Lipinski definition) is 2. The predicted molar refractivity (Wildman–Crippen MR) is 109 cm³/mol. The lowest BCUT2D eigenvalue weighted by Gasteiger charge is -2.10. The molecule has 2 aromatic heterocycles. The zero-order chi connectivity index (χ0) is 19.3. The summed E-state index contributed by atoms with van der Waals surface area (Å²) in [5, 5.41) is 1.15. The van der Waals surface area contributed by atoms with Crippen molar-refractivity contribution >= 4 is 22.5 Å². The van der Waals surface area contributed by atoms with E-state index in [0.29, 0.717) is 15.9 Å². The number of fused-ring (bicyclic) bond motifs is 1. The van der Waals surface area contributed by atoms with E-state index in [1.54, 1.807) is 19.2 Å². The molecule has 136 valence electrons. The van der Waals surface area contributed by atoms with Crippen LogP contribution in [-0.4, -0.2) is 13.7 Å². The van der Waals surface area contributed by atoms with Gasteiger partial charge in [-0.25, -0.2) is 4.79 Å². The number of halogens is 1. The van der Waals surface area contributed by atoms with Gasteiger partial charge in [0.15, 0.2) is 0 Å². The second kappa shape index (κ2) is 6.28. The summed E-state index contributed by atoms with van der Waals surface area (Å²) >= 11 is 6.04. The van der Waals surface area contributed by atoms with Gasteiger partial charge >= 0.3 is 5.69 Å². The topological polar surface area (TPSA) is 48.9 Å². The number of aryl methyl sites for hydroxylation is 2. The molecule has 4 aromatic rings. The Morgan fingerprint density at radius 2 is 1.48 bits per heavy atom. The third-order valence-electron chi connectivity index (χ3n) is 4.87. The molecule has 4 rings (SSSR count). The number of rotatable bonds is 2. The highest BCUT2D eigenvalue weighted by molar-refractivity contribution is 6.30. The van der Waals surface area contributed by atoms with Crippen LogP contribution in [0.2, 0.25) is 5.02 Å². The third kappa shape index (κ3) is 2.71. The fourth-order valence-corrected chi connectivity index (χ4v) is 3.47. The Balaban J connectivity index is 2.18. The summed E-state index contributed by atoms with van der Waals surface area (Å²) in [6.45, 7) is 2.02. The second-order valence-corrected chi connectivity index (χ2v) is 7.09. The number of hydrogen-bond donors (Lipinski definition) is 0. The van der Waals surface area contributed by atoms with Crippen LogP contribution in [0.3, 0.4) is 0 Å². The Morgan fingerprint density at radius 3 is 2.11 bits per heavy atom. The third-order valence-corrected chi connectivity index (χ3v) is 5.12. The van der Waals surface area contributed by atoms with E-state index in [0.717, 1.165) is 27.1 Å². The van der Waals surface area contributed by atoms with E-state index in [4.69, 9.17) is 11.6 Å². The average Bonchev–Trinajstić information content (AvgIpc) is 3.06. The zero-order valence-corrected chi connectivity index (χ0v) is 16.0. The maximum Gasteiger partial charge on any atom is 0.330 e. The van der Waals surface area contributed by atoms with Gasteiger partial charge in [0.2, 0.25) is 0 Å². The molecule has 5 nitrogen and oxygen atoms in total. The van der Waals surface area contributed by atoms with Crippen LogP contribution in [0.1, 0.15) is 5.56 Å². The molecule has 0 amide bonds. The van der Waals surface area contributed by atoms with Crippen molar-refractivity contribution in [3.63, 3.8) is 0 Å². The summed E-state index contributed by atoms with van der Waals surface area (Å²) in [6.07, 6.45) is 1.83. The number of aromatic nitrogens is 3. The van der Waals surface area contributed by atoms with Crippen molar-refractivity contribution in [2.24, 2.45) is 14.1 Å². The van der Waals surface area contributed by atoms with E-state index in [1.165, 1.54) is 11.6 Å². The average molecular weight is 380 g/mol. The van der Waals surface area contributed by atoms with Crippen molar-refractivity contribution in [3.8, 4) is 16.9 Å². The maximum absolute atomic E-state index is 13.0. The minimum absolute atomic E-state index is 0.309. The highest BCUT2D eigenvalue weighted by atomic mass is 35.5. The van der Waals surface area contributed by atoms with Gasteiger partial charge in [-0.05, 0) is 36.8 Å². The quantitative estimate of drug-likeness (QED) is 0.533. The van der Waals surface area contributed by atoms with Crippen LogP contribution in [-0.2, 0) is 14.1 Å². The van der Waals surface area contributed by atoms with Gasteiger partial charge in [-0.1, -0.05) is 41.4 Å². The molecule has 0 N–H and O–H groups in total. The van der Waals surface area contributed by atoms with Gasteiger partial charge in [-0.2, -0.15) is 0 Å². The molecule has 0 aliphatic rings. The van der Waals surface area contributed by atoms with E-state index in [-0.39, 0.29) is 11.2 Å². The summed E-state index contributed by atoms with van der Waals surface area (Å²) in [5.74, 6) is 0. The van der Waals surface area contributed by atoms with Crippen LogP contribution < -0.4 is 11.2 Å². The van der Waals surface area contributed by atoms with Crippen molar-refractivity contribution in [2.45, 2.75) is 6.92 Å². The highest BCUT2D eigenvalue weighted by Gasteiger charge is 2.20. The molecule has 0 aliphatic heterocycles. The number of nitrogens with zero attached hydrogens (tertiary/aromatic N) is 3. The number of benzene rings is 2. The molecule has 0 saturated heterocycles. The van der Waals surface area contributed by atoms with Crippen LogP contribution in [0.15, 0.2) is 64.3 Å². The summed E-state index contributed by atoms with van der Waals surface area (Å²) in [7, 11) is 3.18. The zero-order valence-electron chi connectivity index (χ0n) is 15.2. The Bertz CT molecular complexity index is 1280. The molecule has 6 heteroatoms. The van der Waals surface area contributed by atoms with Crippen LogP contribution in [0.5, 0.6) is 0 Å². The van der Waals surface area contributed by atoms with E-state index >= 15 is 0 Å². The molecular formula is C21H18ClN3O2. The molecule has 2 heterocycles. The molecule has 0 unspecified atom stereocenters. The lowest BCUT2D eigenvalue weighted by molar-refractivity contribution is 0.714. The van der Waals surface area contributed by atoms with Gasteiger partial charge in [0.25, 0.3) is 5.56 Å². The molecule has 0 aliphatic carbocycles. The molecule has 0 fully saturated rings. The Kier molecular flexibility index (Phi) is 4.04. The lowest BCUT2D eigenvalue weighted by atomic mass is 10.1. The Hall–Kier alpha value is -3.05. The predicted octanol–water partition coefficient (Wildman–Crippen LogP) is 3.66. The molecular weight excluding hydrogens is 362 g/mol. The summed E-state index contributed by atoms with van der Waals surface area (Å²) in [4.78, 5) is 25.4. The van der Waals surface area contributed by atoms with E-state index in [1.807, 2.05) is 54.1 Å². The molecule has 0 radical (unpaired) electrons. The summed E-state index contributed by atoms with van der Waals surface area (Å²) in [5.41, 5.74) is 3.58. The lowest BCUT2D eigenvalue weighted by Crippen LogP contribution is -2.36. The Labute approximate surface area is 160 Å². The van der Waals surface area contributed by atoms with Crippen LogP contribution in [0.4, 0.5) is 0 Å². The van der Waals surface area contributed by atoms with Gasteiger partial charge in [-0.15, -0.1) is 0 Å². The van der Waals surface area contributed by atoms with Gasteiger partial charge in [0.05, 0.1) is 16.6 Å². The van der Waals surface area contributed by atoms with Gasteiger partial charge < -0.3 is 4.57 Å². The van der Waals surface area contributed by atoms with Crippen molar-refractivity contribution in [3.05, 3.63) is 86.2 Å². The largest absolute Gasteiger partial charge is 0.330 e. The van der Waals surface area contributed by atoms with E-state index in [9.17, 15) is 9.59 Å². The van der Waals surface area contributed by atoms with Gasteiger partial charge in [0, 0.05) is 31.0 Å². The summed E-state index contributed by atoms with van der Waals surface area (Å²) in [6, 6.07) is 15.4. The molecule has 0 saturated carbocycles. The first-order chi connectivity index (χ1) is 12.9. The molecule has 27 heavy (non-hydrogen) atoms. The first-order valence-electron chi connectivity index (χ1n) is 8.52. The first-order valence-corrected chi connectivity index (χ1v) is 8.90. The molecule has 0 bridgehead atoms. The monoisotopic (exact) mass is 379 g/mol. The van der Waals surface area contributed by atoms with Crippen molar-refractivity contribution in [1.82, 2.24) is 13.7 Å². The van der Waals surface area contributed by atoms with E-state index < -0.39 is 0 Å². The second-order valence-electron chi connectivity index (χ2n) is 6.66. The standard InChI is InChI=1S/C21H18ClN3O2/c1-13-4-6-14(7-5-13)19-18-17(23(2)21(27)24(3)20(18)26)12-25(19)16-10-8-15(22)9-11-16/h4-12H,1-3H3. The fraction of sp³-hybridized carbons (Fsp3) is 0.143. The molecule has 2 aromatic carbocycles. The summed E-state index contributed by atoms with van der Waals surface area (Å²) < 4.78 is 4.58. The van der Waals surface area contributed by atoms with Crippen molar-refractivity contribution in [2.75, 3.05) is 0 Å².